The molecule has 1 rings (SSSR count). The molecule has 1 aromatic carbocycles. The maximum atomic E-state index is 10.6. The quantitative estimate of drug-likeness (QED) is 0.681. The molecule has 16 heavy (non-hydrogen) atoms. The predicted molar refractivity (Wildman–Crippen MR) is 69.9 cm³/mol. The van der Waals surface area contributed by atoms with E-state index in [4.69, 9.17) is 0 Å². The molecule has 1 N–H and O–H groups in total. The number of hydrogen-bond acceptors (Lipinski definition) is 3. The maximum absolute atomic E-state index is 10.6. The summed E-state index contributed by atoms with van der Waals surface area (Å²) in [7, 11) is 3.95. The molecule has 0 aliphatic carbocycles. The van der Waals surface area contributed by atoms with Gasteiger partial charge in [0.2, 0.25) is 5.91 Å². The third-order valence-electron chi connectivity index (χ3n) is 1.89. The highest BCUT2D eigenvalue weighted by Crippen LogP contribution is 2.25. The van der Waals surface area contributed by atoms with Crippen LogP contribution in [0, 0.1) is 0 Å². The SMILES string of the molecule is CC(=O)N/N=C/c1ccc(N(C)C)c(Br)c1. The molecule has 0 unspecified atom stereocenters. The second kappa shape index (κ2) is 5.65. The minimum absolute atomic E-state index is 0.180. The van der Waals surface area contributed by atoms with Crippen molar-refractivity contribution in [3.05, 3.63) is 28.2 Å². The number of carbonyl (C=O) groups is 1. The van der Waals surface area contributed by atoms with Crippen LogP contribution in [0.25, 0.3) is 0 Å². The first-order chi connectivity index (χ1) is 7.50. The number of hydrazone groups is 1. The number of halogens is 1. The van der Waals surface area contributed by atoms with Crippen LogP contribution in [0.4, 0.5) is 5.69 Å². The summed E-state index contributed by atoms with van der Waals surface area (Å²) < 4.78 is 0.990. The van der Waals surface area contributed by atoms with Crippen LogP contribution in [-0.2, 0) is 4.79 Å². The van der Waals surface area contributed by atoms with E-state index in [1.54, 1.807) is 6.21 Å². The molecule has 0 saturated heterocycles. The van der Waals surface area contributed by atoms with Crippen LogP contribution in [0.1, 0.15) is 12.5 Å². The van der Waals surface area contributed by atoms with Gasteiger partial charge in [-0.25, -0.2) is 5.43 Å². The van der Waals surface area contributed by atoms with E-state index in [9.17, 15) is 4.79 Å². The van der Waals surface area contributed by atoms with E-state index in [1.807, 2.05) is 37.2 Å². The van der Waals surface area contributed by atoms with E-state index < -0.39 is 0 Å². The van der Waals surface area contributed by atoms with Gasteiger partial charge in [-0.1, -0.05) is 6.07 Å². The Bertz CT molecular complexity index is 416. The summed E-state index contributed by atoms with van der Waals surface area (Å²) in [6.07, 6.45) is 1.60. The summed E-state index contributed by atoms with van der Waals surface area (Å²) in [4.78, 5) is 12.6. The second-order valence-corrected chi connectivity index (χ2v) is 4.39. The van der Waals surface area contributed by atoms with Crippen molar-refractivity contribution >= 4 is 33.7 Å². The van der Waals surface area contributed by atoms with Crippen LogP contribution in [0.2, 0.25) is 0 Å². The molecule has 0 spiro atoms. The van der Waals surface area contributed by atoms with E-state index in [0.717, 1.165) is 15.7 Å². The maximum Gasteiger partial charge on any atom is 0.236 e. The summed E-state index contributed by atoms with van der Waals surface area (Å²) in [5.74, 6) is -0.180. The normalized spacial score (nSPS) is 10.5. The zero-order valence-electron chi connectivity index (χ0n) is 9.49. The van der Waals surface area contributed by atoms with Crippen LogP contribution < -0.4 is 10.3 Å². The summed E-state index contributed by atoms with van der Waals surface area (Å²) in [6, 6.07) is 5.87. The predicted octanol–water partition coefficient (Wildman–Crippen LogP) is 1.99. The van der Waals surface area contributed by atoms with Gasteiger partial charge in [-0.3, -0.25) is 4.79 Å². The number of carbonyl (C=O) groups excluding carboxylic acids is 1. The Morgan fingerprint density at radius 2 is 2.19 bits per heavy atom. The fraction of sp³-hybridized carbons (Fsp3) is 0.273. The lowest BCUT2D eigenvalue weighted by atomic mass is 10.2. The van der Waals surface area contributed by atoms with Crippen LogP contribution in [-0.4, -0.2) is 26.2 Å². The minimum Gasteiger partial charge on any atom is -0.377 e. The van der Waals surface area contributed by atoms with Crippen molar-refractivity contribution < 1.29 is 4.79 Å². The van der Waals surface area contributed by atoms with Gasteiger partial charge in [0.15, 0.2) is 0 Å². The van der Waals surface area contributed by atoms with Crippen LogP contribution in [0.15, 0.2) is 27.8 Å². The summed E-state index contributed by atoms with van der Waals surface area (Å²) in [5.41, 5.74) is 4.37. The molecule has 86 valence electrons. The molecule has 0 radical (unpaired) electrons. The topological polar surface area (TPSA) is 44.7 Å². The molecule has 5 heteroatoms. The molecule has 0 atom stereocenters. The Labute approximate surface area is 103 Å². The molecule has 0 aliphatic rings. The Morgan fingerprint density at radius 3 is 2.69 bits per heavy atom. The Morgan fingerprint density at radius 1 is 1.50 bits per heavy atom. The van der Waals surface area contributed by atoms with Gasteiger partial charge in [0.25, 0.3) is 0 Å². The molecule has 1 amide bonds. The Hall–Kier alpha value is -1.36. The Balaban J connectivity index is 2.81. The number of benzene rings is 1. The average Bonchev–Trinajstić information content (AvgIpc) is 2.16. The van der Waals surface area contributed by atoms with Crippen molar-refractivity contribution in [2.24, 2.45) is 5.10 Å². The van der Waals surface area contributed by atoms with E-state index >= 15 is 0 Å². The number of rotatable bonds is 3. The van der Waals surface area contributed by atoms with Crippen molar-refractivity contribution in [1.82, 2.24) is 5.43 Å². The fourth-order valence-electron chi connectivity index (χ4n) is 1.16. The zero-order chi connectivity index (χ0) is 12.1. The molecule has 0 bridgehead atoms. The zero-order valence-corrected chi connectivity index (χ0v) is 11.1. The summed E-state index contributed by atoms with van der Waals surface area (Å²) >= 11 is 3.48. The van der Waals surface area contributed by atoms with Crippen molar-refractivity contribution in [3.8, 4) is 0 Å². The molecule has 0 aromatic heterocycles. The van der Waals surface area contributed by atoms with Crippen molar-refractivity contribution in [1.29, 1.82) is 0 Å². The molecule has 0 saturated carbocycles. The van der Waals surface area contributed by atoms with Gasteiger partial charge < -0.3 is 4.90 Å². The first-order valence-corrected chi connectivity index (χ1v) is 5.56. The minimum atomic E-state index is -0.180. The molecule has 1 aromatic rings. The van der Waals surface area contributed by atoms with Gasteiger partial charge in [0.1, 0.15) is 0 Å². The molecule has 4 nitrogen and oxygen atoms in total. The highest BCUT2D eigenvalue weighted by molar-refractivity contribution is 9.10. The van der Waals surface area contributed by atoms with Gasteiger partial charge in [-0.2, -0.15) is 5.10 Å². The molecular formula is C11H14BrN3O. The van der Waals surface area contributed by atoms with Crippen molar-refractivity contribution in [2.75, 3.05) is 19.0 Å². The highest BCUT2D eigenvalue weighted by atomic mass is 79.9. The first kappa shape index (κ1) is 12.7. The highest BCUT2D eigenvalue weighted by Gasteiger charge is 2.01. The lowest BCUT2D eigenvalue weighted by Gasteiger charge is -2.14. The van der Waals surface area contributed by atoms with E-state index in [-0.39, 0.29) is 5.91 Å². The second-order valence-electron chi connectivity index (χ2n) is 3.53. The van der Waals surface area contributed by atoms with E-state index in [2.05, 4.69) is 26.5 Å². The van der Waals surface area contributed by atoms with E-state index in [1.165, 1.54) is 6.92 Å². The number of anilines is 1. The third-order valence-corrected chi connectivity index (χ3v) is 2.52. The average molecular weight is 284 g/mol. The lowest BCUT2D eigenvalue weighted by molar-refractivity contribution is -0.118. The molecular weight excluding hydrogens is 270 g/mol. The summed E-state index contributed by atoms with van der Waals surface area (Å²) in [5, 5.41) is 3.80. The third kappa shape index (κ3) is 3.66. The van der Waals surface area contributed by atoms with Crippen molar-refractivity contribution in [2.45, 2.75) is 6.92 Å². The van der Waals surface area contributed by atoms with Gasteiger partial charge >= 0.3 is 0 Å². The van der Waals surface area contributed by atoms with Gasteiger partial charge in [-0.05, 0) is 33.6 Å². The number of nitrogens with zero attached hydrogens (tertiary/aromatic N) is 2. The van der Waals surface area contributed by atoms with Crippen molar-refractivity contribution in [3.63, 3.8) is 0 Å². The number of hydrogen-bond donors (Lipinski definition) is 1. The first-order valence-electron chi connectivity index (χ1n) is 4.77. The molecule has 0 aliphatic heterocycles. The molecule has 0 fully saturated rings. The van der Waals surface area contributed by atoms with Crippen LogP contribution in [0.3, 0.4) is 0 Å². The van der Waals surface area contributed by atoms with Crippen LogP contribution in [0.5, 0.6) is 0 Å². The number of amides is 1. The standard InChI is InChI=1S/C11H14BrN3O/c1-8(16)14-13-7-9-4-5-11(15(2)3)10(12)6-9/h4-7H,1-3H3,(H,14,16)/b13-7+. The lowest BCUT2D eigenvalue weighted by Crippen LogP contribution is -2.12. The Kier molecular flexibility index (Phi) is 4.49. The summed E-state index contributed by atoms with van der Waals surface area (Å²) in [6.45, 7) is 1.42. The van der Waals surface area contributed by atoms with Crippen LogP contribution >= 0.6 is 15.9 Å². The largest absolute Gasteiger partial charge is 0.377 e. The van der Waals surface area contributed by atoms with Gasteiger partial charge in [0, 0.05) is 25.5 Å². The monoisotopic (exact) mass is 283 g/mol. The number of nitrogens with one attached hydrogen (secondary N) is 1. The van der Waals surface area contributed by atoms with Gasteiger partial charge in [-0.15, -0.1) is 0 Å². The van der Waals surface area contributed by atoms with Gasteiger partial charge in [0.05, 0.1) is 11.9 Å². The fourth-order valence-corrected chi connectivity index (χ4v) is 1.91. The van der Waals surface area contributed by atoms with E-state index in [0.29, 0.717) is 0 Å². The smallest absolute Gasteiger partial charge is 0.236 e. The molecule has 0 heterocycles.